The van der Waals surface area contributed by atoms with E-state index in [4.69, 9.17) is 4.74 Å². The van der Waals surface area contributed by atoms with Gasteiger partial charge in [0.25, 0.3) is 0 Å². The van der Waals surface area contributed by atoms with E-state index in [-0.39, 0.29) is 5.78 Å². The van der Waals surface area contributed by atoms with Crippen molar-refractivity contribution in [3.05, 3.63) is 0 Å². The van der Waals surface area contributed by atoms with Crippen molar-refractivity contribution in [1.82, 2.24) is 0 Å². The molecule has 0 N–H and O–H groups in total. The fraction of sp³-hybridized carbons (Fsp3) is 0.889. The van der Waals surface area contributed by atoms with Gasteiger partial charge in [0.15, 0.2) is 0 Å². The zero-order valence-electron chi connectivity index (χ0n) is 7.52. The van der Waals surface area contributed by atoms with Crippen LogP contribution < -0.4 is 0 Å². The summed E-state index contributed by atoms with van der Waals surface area (Å²) < 4.78 is 18.0. The third kappa shape index (κ3) is 3.02. The average molecular weight is 253 g/mol. The van der Waals surface area contributed by atoms with Gasteiger partial charge in [-0.1, -0.05) is 15.9 Å². The highest BCUT2D eigenvalue weighted by Gasteiger charge is 2.35. The third-order valence-corrected chi connectivity index (χ3v) is 3.06. The SMILES string of the molecule is O=C(CBr)CCC1(CF)CCCO1. The van der Waals surface area contributed by atoms with Gasteiger partial charge in [0.2, 0.25) is 0 Å². The van der Waals surface area contributed by atoms with Gasteiger partial charge in [-0.2, -0.15) is 0 Å². The van der Waals surface area contributed by atoms with Gasteiger partial charge in [-0.15, -0.1) is 0 Å². The molecule has 1 unspecified atom stereocenters. The predicted molar refractivity (Wildman–Crippen MR) is 51.9 cm³/mol. The average Bonchev–Trinajstić information content (AvgIpc) is 2.63. The molecular formula is C9H14BrFO2. The smallest absolute Gasteiger partial charge is 0.143 e. The molecule has 13 heavy (non-hydrogen) atoms. The molecule has 0 aromatic heterocycles. The molecule has 0 spiro atoms. The number of ketones is 1. The van der Waals surface area contributed by atoms with E-state index in [9.17, 15) is 9.18 Å². The maximum Gasteiger partial charge on any atom is 0.143 e. The van der Waals surface area contributed by atoms with E-state index in [1.807, 2.05) is 0 Å². The summed E-state index contributed by atoms with van der Waals surface area (Å²) in [7, 11) is 0. The Bertz CT molecular complexity index is 178. The first-order valence-electron chi connectivity index (χ1n) is 4.50. The van der Waals surface area contributed by atoms with Crippen LogP contribution in [-0.4, -0.2) is 30.0 Å². The first-order valence-corrected chi connectivity index (χ1v) is 5.62. The normalized spacial score (nSPS) is 27.8. The molecule has 0 aromatic rings. The second kappa shape index (κ2) is 5.05. The topological polar surface area (TPSA) is 26.3 Å². The summed E-state index contributed by atoms with van der Waals surface area (Å²) in [5.74, 6) is 0.114. The fourth-order valence-corrected chi connectivity index (χ4v) is 1.84. The summed E-state index contributed by atoms with van der Waals surface area (Å²) in [5, 5.41) is 0.357. The number of hydrogen-bond acceptors (Lipinski definition) is 2. The fourth-order valence-electron chi connectivity index (χ4n) is 1.56. The van der Waals surface area contributed by atoms with E-state index in [0.29, 0.717) is 24.8 Å². The summed E-state index contributed by atoms with van der Waals surface area (Å²) >= 11 is 3.08. The summed E-state index contributed by atoms with van der Waals surface area (Å²) in [4.78, 5) is 11.0. The lowest BCUT2D eigenvalue weighted by Gasteiger charge is -2.24. The Morgan fingerprint density at radius 1 is 1.62 bits per heavy atom. The second-order valence-electron chi connectivity index (χ2n) is 3.44. The van der Waals surface area contributed by atoms with E-state index >= 15 is 0 Å². The van der Waals surface area contributed by atoms with Crippen molar-refractivity contribution >= 4 is 21.7 Å². The molecule has 2 nitrogen and oxygen atoms in total. The number of Topliss-reactive ketones (excluding diaryl/α,β-unsaturated/α-hetero) is 1. The quantitative estimate of drug-likeness (QED) is 0.702. The van der Waals surface area contributed by atoms with Crippen molar-refractivity contribution in [3.63, 3.8) is 0 Å². The maximum absolute atomic E-state index is 12.7. The molecule has 1 atom stereocenters. The Kier molecular flexibility index (Phi) is 4.32. The van der Waals surface area contributed by atoms with Crippen molar-refractivity contribution in [3.8, 4) is 0 Å². The van der Waals surface area contributed by atoms with Crippen molar-refractivity contribution in [1.29, 1.82) is 0 Å². The molecule has 1 rings (SSSR count). The summed E-state index contributed by atoms with van der Waals surface area (Å²) in [5.41, 5.74) is -0.641. The van der Waals surface area contributed by atoms with Gasteiger partial charge in [0, 0.05) is 13.0 Å². The molecule has 1 fully saturated rings. The molecule has 0 aliphatic carbocycles. The molecule has 76 valence electrons. The standard InChI is InChI=1S/C9H14BrFO2/c10-6-8(12)2-4-9(7-11)3-1-5-13-9/h1-7H2. The third-order valence-electron chi connectivity index (χ3n) is 2.44. The van der Waals surface area contributed by atoms with Crippen LogP contribution in [0.15, 0.2) is 0 Å². The molecular weight excluding hydrogens is 239 g/mol. The zero-order chi connectivity index (χ0) is 9.73. The van der Waals surface area contributed by atoms with Gasteiger partial charge < -0.3 is 4.74 Å². The lowest BCUT2D eigenvalue weighted by Crippen LogP contribution is -2.31. The lowest BCUT2D eigenvalue weighted by atomic mass is 9.95. The monoisotopic (exact) mass is 252 g/mol. The van der Waals surface area contributed by atoms with Gasteiger partial charge in [-0.3, -0.25) is 4.79 Å². The molecule has 1 aliphatic heterocycles. The largest absolute Gasteiger partial charge is 0.372 e. The number of halogens is 2. The van der Waals surface area contributed by atoms with Crippen LogP contribution >= 0.6 is 15.9 Å². The van der Waals surface area contributed by atoms with Crippen LogP contribution in [0.5, 0.6) is 0 Å². The van der Waals surface area contributed by atoms with Gasteiger partial charge in [0.1, 0.15) is 12.5 Å². The summed E-state index contributed by atoms with van der Waals surface area (Å²) in [6.45, 7) is 0.162. The van der Waals surface area contributed by atoms with Crippen molar-refractivity contribution in [2.75, 3.05) is 18.6 Å². The Labute approximate surface area is 86.0 Å². The highest BCUT2D eigenvalue weighted by atomic mass is 79.9. The number of carbonyl (C=O) groups is 1. The molecule has 0 saturated carbocycles. The Morgan fingerprint density at radius 3 is 2.85 bits per heavy atom. The van der Waals surface area contributed by atoms with Gasteiger partial charge >= 0.3 is 0 Å². The van der Waals surface area contributed by atoms with E-state index in [1.165, 1.54) is 0 Å². The second-order valence-corrected chi connectivity index (χ2v) is 4.00. The van der Waals surface area contributed by atoms with E-state index in [0.717, 1.165) is 12.8 Å². The van der Waals surface area contributed by atoms with Crippen molar-refractivity contribution < 1.29 is 13.9 Å². The Hall–Kier alpha value is 0.0400. The molecule has 0 amide bonds. The van der Waals surface area contributed by atoms with E-state index in [2.05, 4.69) is 15.9 Å². The van der Waals surface area contributed by atoms with Gasteiger partial charge in [0.05, 0.1) is 10.9 Å². The highest BCUT2D eigenvalue weighted by molar-refractivity contribution is 9.09. The number of ether oxygens (including phenoxy) is 1. The minimum atomic E-state index is -0.641. The molecule has 4 heteroatoms. The zero-order valence-corrected chi connectivity index (χ0v) is 9.11. The number of carbonyl (C=O) groups excluding carboxylic acids is 1. The molecule has 0 bridgehead atoms. The van der Waals surface area contributed by atoms with Crippen LogP contribution in [0.4, 0.5) is 4.39 Å². The first-order chi connectivity index (χ1) is 6.22. The number of rotatable bonds is 5. The van der Waals surface area contributed by atoms with Gasteiger partial charge in [-0.25, -0.2) is 4.39 Å². The highest BCUT2D eigenvalue weighted by Crippen LogP contribution is 2.30. The molecule has 1 aliphatic rings. The number of alkyl halides is 2. The van der Waals surface area contributed by atoms with Crippen LogP contribution in [0, 0.1) is 0 Å². The predicted octanol–water partition coefficient (Wildman–Crippen LogP) is 2.25. The first kappa shape index (κ1) is 11.1. The molecule has 1 saturated heterocycles. The summed E-state index contributed by atoms with van der Waals surface area (Å²) in [6.07, 6.45) is 2.59. The van der Waals surface area contributed by atoms with E-state index in [1.54, 1.807) is 0 Å². The van der Waals surface area contributed by atoms with Crippen LogP contribution in [0.1, 0.15) is 25.7 Å². The molecule has 0 radical (unpaired) electrons. The minimum Gasteiger partial charge on any atom is -0.372 e. The van der Waals surface area contributed by atoms with Crippen LogP contribution in [0.25, 0.3) is 0 Å². The van der Waals surface area contributed by atoms with Crippen molar-refractivity contribution in [2.24, 2.45) is 0 Å². The Morgan fingerprint density at radius 2 is 2.38 bits per heavy atom. The van der Waals surface area contributed by atoms with Crippen molar-refractivity contribution in [2.45, 2.75) is 31.3 Å². The van der Waals surface area contributed by atoms with Crippen LogP contribution in [-0.2, 0) is 9.53 Å². The minimum absolute atomic E-state index is 0.114. The van der Waals surface area contributed by atoms with Crippen LogP contribution in [0.2, 0.25) is 0 Å². The molecule has 1 heterocycles. The Balaban J connectivity index is 2.35. The lowest BCUT2D eigenvalue weighted by molar-refractivity contribution is -0.118. The van der Waals surface area contributed by atoms with Crippen LogP contribution in [0.3, 0.4) is 0 Å². The summed E-state index contributed by atoms with van der Waals surface area (Å²) in [6, 6.07) is 0. The molecule has 0 aromatic carbocycles. The van der Waals surface area contributed by atoms with E-state index < -0.39 is 12.3 Å². The maximum atomic E-state index is 12.7. The number of hydrogen-bond donors (Lipinski definition) is 0. The van der Waals surface area contributed by atoms with Gasteiger partial charge in [-0.05, 0) is 19.3 Å².